The molecule has 3 aliphatic rings. The smallest absolute Gasteiger partial charge is 0.302 e. The lowest BCUT2D eigenvalue weighted by Gasteiger charge is -2.54. The maximum atomic E-state index is 13.8. The summed E-state index contributed by atoms with van der Waals surface area (Å²) in [6, 6.07) is 4.45. The Bertz CT molecular complexity index is 1180. The van der Waals surface area contributed by atoms with Gasteiger partial charge in [0.15, 0.2) is 34.7 Å². The van der Waals surface area contributed by atoms with Gasteiger partial charge in [-0.25, -0.2) is 0 Å². The fourth-order valence-electron chi connectivity index (χ4n) is 6.13. The van der Waals surface area contributed by atoms with Crippen molar-refractivity contribution in [2.24, 2.45) is 29.4 Å². The fourth-order valence-corrected chi connectivity index (χ4v) is 6.13. The fraction of sp³-hybridized carbons (Fsp3) is 0.520. The molecule has 0 aromatic heterocycles. The molecule has 0 bridgehead atoms. The summed E-state index contributed by atoms with van der Waals surface area (Å²) < 4.78 is 5.55. The average Bonchev–Trinajstić information content (AvgIpc) is 2.79. The summed E-state index contributed by atoms with van der Waals surface area (Å²) in [7, 11) is 0. The third-order valence-electron chi connectivity index (χ3n) is 7.58. The van der Waals surface area contributed by atoms with Crippen LogP contribution in [0.15, 0.2) is 18.2 Å². The number of phenolic OH excluding ortho intramolecular Hbond substituents is 1. The molecule has 2 fully saturated rings. The third-order valence-corrected chi connectivity index (χ3v) is 7.58. The molecule has 3 aliphatic carbocycles. The van der Waals surface area contributed by atoms with Crippen molar-refractivity contribution < 1.29 is 43.7 Å². The Labute approximate surface area is 206 Å². The number of nitrogens with one attached hydrogen (secondary N) is 1. The Balaban J connectivity index is 1.94. The number of Topliss-reactive ketones (excluding diaryl/α,β-unsaturated/α-hetero) is 4. The first-order chi connectivity index (χ1) is 17.0. The molecular weight excluding hydrogens is 472 g/mol. The van der Waals surface area contributed by atoms with Crippen molar-refractivity contribution in [3.05, 3.63) is 29.3 Å². The lowest BCUT2D eigenvalue weighted by Crippen LogP contribution is -2.73. The monoisotopic (exact) mass is 500 g/mol. The van der Waals surface area contributed by atoms with Crippen molar-refractivity contribution in [3.8, 4) is 5.75 Å². The molecule has 0 spiro atoms. The Kier molecular flexibility index (Phi) is 6.56. The number of hydrogen-bond donors (Lipinski definition) is 4. The van der Waals surface area contributed by atoms with Gasteiger partial charge < -0.3 is 26.0 Å². The number of benzene rings is 1. The minimum absolute atomic E-state index is 0.121. The van der Waals surface area contributed by atoms with Gasteiger partial charge in [-0.1, -0.05) is 19.1 Å². The summed E-state index contributed by atoms with van der Waals surface area (Å²) in [6.07, 6.45) is -1.23. The van der Waals surface area contributed by atoms with Crippen LogP contribution in [-0.4, -0.2) is 70.0 Å². The van der Waals surface area contributed by atoms with Crippen molar-refractivity contribution in [1.29, 1.82) is 0 Å². The van der Waals surface area contributed by atoms with E-state index in [1.54, 1.807) is 12.1 Å². The molecule has 11 nitrogen and oxygen atoms in total. The van der Waals surface area contributed by atoms with Gasteiger partial charge in [0, 0.05) is 37.6 Å². The zero-order chi connectivity index (χ0) is 26.5. The van der Waals surface area contributed by atoms with E-state index in [2.05, 4.69) is 5.32 Å². The number of nitrogens with two attached hydrogens (primary N) is 1. The highest BCUT2D eigenvalue weighted by molar-refractivity contribution is 6.31. The number of carbonyl (C=O) groups is 6. The first-order valence-corrected chi connectivity index (χ1v) is 11.8. The van der Waals surface area contributed by atoms with Crippen LogP contribution in [0.5, 0.6) is 5.75 Å². The number of carbonyl (C=O) groups excluding carboxylic acids is 6. The molecule has 1 amide bonds. The van der Waals surface area contributed by atoms with Crippen molar-refractivity contribution >= 4 is 35.0 Å². The molecule has 0 aliphatic heterocycles. The number of phenols is 1. The lowest BCUT2D eigenvalue weighted by atomic mass is 9.50. The van der Waals surface area contributed by atoms with E-state index in [0.29, 0.717) is 12.1 Å². The summed E-state index contributed by atoms with van der Waals surface area (Å²) in [6.45, 7) is 3.85. The largest absolute Gasteiger partial charge is 0.507 e. The number of aromatic hydroxyl groups is 1. The number of fused-ring (bicyclic) bond motifs is 3. The van der Waals surface area contributed by atoms with Gasteiger partial charge in [0.1, 0.15) is 11.9 Å². The molecule has 7 atom stereocenters. The van der Waals surface area contributed by atoms with Crippen LogP contribution in [-0.2, 0) is 28.7 Å². The van der Waals surface area contributed by atoms with Gasteiger partial charge in [0.05, 0.1) is 11.5 Å². The molecule has 11 heteroatoms. The summed E-state index contributed by atoms with van der Waals surface area (Å²) >= 11 is 0. The first kappa shape index (κ1) is 25.6. The van der Waals surface area contributed by atoms with Crippen molar-refractivity contribution in [2.75, 3.05) is 13.1 Å². The number of hydrogen-bond acceptors (Lipinski definition) is 10. The predicted octanol–water partition coefficient (Wildman–Crippen LogP) is -0.591. The van der Waals surface area contributed by atoms with Crippen molar-refractivity contribution in [1.82, 2.24) is 5.32 Å². The number of rotatable bonds is 6. The van der Waals surface area contributed by atoms with Gasteiger partial charge >= 0.3 is 5.97 Å². The number of ketones is 4. The molecule has 0 saturated heterocycles. The number of ether oxygens (including phenoxy) is 1. The van der Waals surface area contributed by atoms with Crippen LogP contribution in [0.1, 0.15) is 48.5 Å². The van der Waals surface area contributed by atoms with E-state index >= 15 is 0 Å². The quantitative estimate of drug-likeness (QED) is 0.223. The van der Waals surface area contributed by atoms with Gasteiger partial charge in [-0.2, -0.15) is 0 Å². The second-order valence-corrected chi connectivity index (χ2v) is 9.65. The molecule has 1 aromatic carbocycles. The van der Waals surface area contributed by atoms with E-state index < -0.39 is 82.7 Å². The molecule has 36 heavy (non-hydrogen) atoms. The third kappa shape index (κ3) is 3.65. The van der Waals surface area contributed by atoms with E-state index in [4.69, 9.17) is 10.5 Å². The Morgan fingerprint density at radius 1 is 1.19 bits per heavy atom. The van der Waals surface area contributed by atoms with E-state index in [0.717, 1.165) is 13.3 Å². The predicted molar refractivity (Wildman–Crippen MR) is 122 cm³/mol. The molecule has 2 unspecified atom stereocenters. The highest BCUT2D eigenvalue weighted by Gasteiger charge is 2.71. The van der Waals surface area contributed by atoms with Gasteiger partial charge in [0.25, 0.3) is 0 Å². The van der Waals surface area contributed by atoms with Gasteiger partial charge in [-0.05, 0) is 24.6 Å². The van der Waals surface area contributed by atoms with Crippen LogP contribution in [0.4, 0.5) is 0 Å². The summed E-state index contributed by atoms with van der Waals surface area (Å²) in [4.78, 5) is 77.5. The van der Waals surface area contributed by atoms with Crippen LogP contribution in [0.3, 0.4) is 0 Å². The standard InChI is InChI=1S/C25H28N2O9/c1-3-7-27-9-12-11-5-4-6-14(29)16(11)20(31)19-17(12)21(36-10(2)28)13-8-15(30)18(24(26)34)22(32)25(13,35)23(19)33/h4-6,12-13,17-19,21,27,29,35H,3,7-9H2,1-2H3,(H2,26,34)/t12-,13+,17+,18?,19?,21+,25+/m0/s1. The van der Waals surface area contributed by atoms with Gasteiger partial charge in [-0.15, -0.1) is 0 Å². The number of esters is 1. The molecule has 2 saturated carbocycles. The van der Waals surface area contributed by atoms with Crippen LogP contribution in [0.25, 0.3) is 0 Å². The molecule has 4 rings (SSSR count). The Morgan fingerprint density at radius 3 is 2.50 bits per heavy atom. The highest BCUT2D eigenvalue weighted by Crippen LogP contribution is 2.54. The van der Waals surface area contributed by atoms with Gasteiger partial charge in [0.2, 0.25) is 5.91 Å². The van der Waals surface area contributed by atoms with Gasteiger partial charge in [-0.3, -0.25) is 28.8 Å². The van der Waals surface area contributed by atoms with E-state index in [9.17, 15) is 39.0 Å². The zero-order valence-corrected chi connectivity index (χ0v) is 19.9. The van der Waals surface area contributed by atoms with Crippen LogP contribution >= 0.6 is 0 Å². The SMILES string of the molecule is CCCNC[C@H]1c2cccc(O)c2C(=O)C2C(=O)[C@]3(O)C(=O)C(C(N)=O)C(=O)C[C@@H]3[C@@H](OC(C)=O)[C@@H]21. The van der Waals surface area contributed by atoms with Crippen molar-refractivity contribution in [3.63, 3.8) is 0 Å². The zero-order valence-electron chi connectivity index (χ0n) is 19.9. The number of primary amides is 1. The van der Waals surface area contributed by atoms with Crippen molar-refractivity contribution in [2.45, 2.75) is 44.3 Å². The highest BCUT2D eigenvalue weighted by atomic mass is 16.5. The lowest BCUT2D eigenvalue weighted by molar-refractivity contribution is -0.198. The Hall–Kier alpha value is -3.44. The second kappa shape index (κ2) is 9.21. The molecule has 0 heterocycles. The topological polar surface area (TPSA) is 190 Å². The molecule has 0 radical (unpaired) electrons. The molecule has 192 valence electrons. The molecular formula is C25H28N2O9. The average molecular weight is 501 g/mol. The van der Waals surface area contributed by atoms with Crippen LogP contribution < -0.4 is 11.1 Å². The summed E-state index contributed by atoms with van der Waals surface area (Å²) in [5.74, 6) is -13.8. The van der Waals surface area contributed by atoms with Crippen LogP contribution in [0.2, 0.25) is 0 Å². The minimum atomic E-state index is -2.95. The summed E-state index contributed by atoms with van der Waals surface area (Å²) in [5, 5.41) is 25.3. The van der Waals surface area contributed by atoms with E-state index in [1.165, 1.54) is 6.07 Å². The van der Waals surface area contributed by atoms with E-state index in [1.807, 2.05) is 6.92 Å². The normalized spacial score (nSPS) is 33.4. The molecule has 1 aromatic rings. The summed E-state index contributed by atoms with van der Waals surface area (Å²) in [5.41, 5.74) is 2.57. The number of aliphatic hydroxyl groups is 1. The molecule has 5 N–H and O–H groups in total. The first-order valence-electron chi connectivity index (χ1n) is 11.8. The van der Waals surface area contributed by atoms with E-state index in [-0.39, 0.29) is 17.9 Å². The minimum Gasteiger partial charge on any atom is -0.507 e. The van der Waals surface area contributed by atoms with Crippen LogP contribution in [0, 0.1) is 23.7 Å². The number of amides is 1. The maximum Gasteiger partial charge on any atom is 0.302 e. The maximum absolute atomic E-state index is 13.8. The Morgan fingerprint density at radius 2 is 1.89 bits per heavy atom. The second-order valence-electron chi connectivity index (χ2n) is 9.65.